The highest BCUT2D eigenvalue weighted by Crippen LogP contribution is 2.19. The van der Waals surface area contributed by atoms with E-state index in [1.54, 1.807) is 24.3 Å². The number of hydrogen-bond acceptors (Lipinski definition) is 3. The molecule has 0 fully saturated rings. The number of benzene rings is 2. The van der Waals surface area contributed by atoms with Gasteiger partial charge in [-0.3, -0.25) is 4.79 Å². The lowest BCUT2D eigenvalue weighted by molar-refractivity contribution is 0.0474. The highest BCUT2D eigenvalue weighted by atomic mass is 16.5. The Balaban J connectivity index is 1.94. The molecular weight excluding hydrogens is 288 g/mol. The normalized spacial score (nSPS) is 11.8. The summed E-state index contributed by atoms with van der Waals surface area (Å²) in [6.45, 7) is 5.99. The van der Waals surface area contributed by atoms with E-state index >= 15 is 0 Å². The van der Waals surface area contributed by atoms with Gasteiger partial charge >= 0.3 is 5.97 Å². The van der Waals surface area contributed by atoms with Gasteiger partial charge in [0.25, 0.3) is 0 Å². The molecule has 0 radical (unpaired) electrons. The van der Waals surface area contributed by atoms with Crippen molar-refractivity contribution >= 4 is 11.8 Å². The molecule has 2 aromatic rings. The molecule has 0 saturated carbocycles. The highest BCUT2D eigenvalue weighted by Gasteiger charge is 2.12. The van der Waals surface area contributed by atoms with Crippen LogP contribution in [0.4, 0.5) is 0 Å². The minimum absolute atomic E-state index is 0.199. The van der Waals surface area contributed by atoms with Crippen molar-refractivity contribution < 1.29 is 14.3 Å². The van der Waals surface area contributed by atoms with E-state index in [1.807, 2.05) is 31.2 Å². The molecule has 0 aliphatic carbocycles. The number of hydrogen-bond donors (Lipinski definition) is 0. The van der Waals surface area contributed by atoms with Crippen LogP contribution in [0.15, 0.2) is 48.5 Å². The van der Waals surface area contributed by atoms with Crippen LogP contribution >= 0.6 is 0 Å². The minimum atomic E-state index is -0.471. The smallest absolute Gasteiger partial charge is 0.338 e. The summed E-state index contributed by atoms with van der Waals surface area (Å²) in [4.78, 5) is 24.0. The lowest BCUT2D eigenvalue weighted by Gasteiger charge is -2.09. The zero-order chi connectivity index (χ0) is 16.8. The number of Topliss-reactive ketones (excluding diaryl/α,β-unsaturated/α-hetero) is 1. The molecule has 2 aromatic carbocycles. The molecule has 3 nitrogen and oxygen atoms in total. The van der Waals surface area contributed by atoms with Crippen molar-refractivity contribution in [3.05, 3.63) is 70.8 Å². The van der Waals surface area contributed by atoms with Gasteiger partial charge < -0.3 is 4.74 Å². The van der Waals surface area contributed by atoms with Crippen molar-refractivity contribution in [2.75, 3.05) is 6.61 Å². The van der Waals surface area contributed by atoms with Crippen LogP contribution in [-0.4, -0.2) is 18.4 Å². The minimum Gasteiger partial charge on any atom is -0.454 e. The fourth-order valence-electron chi connectivity index (χ4n) is 2.22. The molecule has 0 N–H and O–H groups in total. The number of aryl methyl sites for hydroxylation is 1. The van der Waals surface area contributed by atoms with Gasteiger partial charge in [-0.2, -0.15) is 0 Å². The maximum atomic E-state index is 12.0. The van der Waals surface area contributed by atoms with Gasteiger partial charge in [-0.15, -0.1) is 0 Å². The molecule has 0 heterocycles. The summed E-state index contributed by atoms with van der Waals surface area (Å²) < 4.78 is 5.11. The maximum absolute atomic E-state index is 12.0. The fraction of sp³-hybridized carbons (Fsp3) is 0.300. The van der Waals surface area contributed by atoms with Gasteiger partial charge in [0.05, 0.1) is 5.56 Å². The van der Waals surface area contributed by atoms with E-state index in [0.29, 0.717) is 17.0 Å². The summed E-state index contributed by atoms with van der Waals surface area (Å²) in [6, 6.07) is 14.6. The lowest BCUT2D eigenvalue weighted by Crippen LogP contribution is -2.14. The van der Waals surface area contributed by atoms with Gasteiger partial charge in [-0.1, -0.05) is 55.8 Å². The maximum Gasteiger partial charge on any atom is 0.338 e. The Morgan fingerprint density at radius 3 is 2.09 bits per heavy atom. The van der Waals surface area contributed by atoms with E-state index in [4.69, 9.17) is 4.74 Å². The van der Waals surface area contributed by atoms with Gasteiger partial charge in [-0.25, -0.2) is 4.79 Å². The van der Waals surface area contributed by atoms with E-state index in [0.717, 1.165) is 12.0 Å². The third-order valence-electron chi connectivity index (χ3n) is 4.04. The van der Waals surface area contributed by atoms with Crippen molar-refractivity contribution in [1.29, 1.82) is 0 Å². The molecule has 0 bridgehead atoms. The first kappa shape index (κ1) is 16.9. The molecule has 0 aliphatic heterocycles. The summed E-state index contributed by atoms with van der Waals surface area (Å²) >= 11 is 0. The predicted molar refractivity (Wildman–Crippen MR) is 90.9 cm³/mol. The lowest BCUT2D eigenvalue weighted by atomic mass is 9.98. The molecule has 120 valence electrons. The second-order valence-corrected chi connectivity index (χ2v) is 5.80. The average Bonchev–Trinajstić information content (AvgIpc) is 2.59. The Morgan fingerprint density at radius 2 is 1.52 bits per heavy atom. The largest absolute Gasteiger partial charge is 0.454 e. The molecule has 1 atom stereocenters. The number of rotatable bonds is 6. The number of ether oxygens (including phenoxy) is 1. The SMILES string of the molecule is CCC(C)c1ccc(C(=O)OCC(=O)c2ccc(C)cc2)cc1. The Hall–Kier alpha value is -2.42. The standard InChI is InChI=1S/C20H22O3/c1-4-15(3)16-9-11-18(12-10-16)20(22)23-13-19(21)17-7-5-14(2)6-8-17/h5-12,15H,4,13H2,1-3H3. The first-order valence-electron chi connectivity index (χ1n) is 7.88. The Kier molecular flexibility index (Phi) is 5.69. The number of carbonyl (C=O) groups excluding carboxylic acids is 2. The summed E-state index contributed by atoms with van der Waals surface area (Å²) in [5, 5.41) is 0. The van der Waals surface area contributed by atoms with Crippen LogP contribution in [0, 0.1) is 6.92 Å². The second kappa shape index (κ2) is 7.73. The van der Waals surface area contributed by atoms with E-state index < -0.39 is 5.97 Å². The van der Waals surface area contributed by atoms with E-state index in [1.165, 1.54) is 5.56 Å². The van der Waals surface area contributed by atoms with E-state index in [9.17, 15) is 9.59 Å². The van der Waals surface area contributed by atoms with Crippen molar-refractivity contribution in [2.24, 2.45) is 0 Å². The van der Waals surface area contributed by atoms with Crippen molar-refractivity contribution in [2.45, 2.75) is 33.1 Å². The molecule has 0 spiro atoms. The van der Waals surface area contributed by atoms with Gasteiger partial charge in [0, 0.05) is 5.56 Å². The molecule has 3 heteroatoms. The Morgan fingerprint density at radius 1 is 0.957 bits per heavy atom. The van der Waals surface area contributed by atoms with Crippen LogP contribution in [0.2, 0.25) is 0 Å². The Labute approximate surface area is 137 Å². The monoisotopic (exact) mass is 310 g/mol. The average molecular weight is 310 g/mol. The molecule has 23 heavy (non-hydrogen) atoms. The van der Waals surface area contributed by atoms with Crippen molar-refractivity contribution in [1.82, 2.24) is 0 Å². The van der Waals surface area contributed by atoms with Crippen LogP contribution in [-0.2, 0) is 4.74 Å². The van der Waals surface area contributed by atoms with Gasteiger partial charge in [-0.05, 0) is 37.0 Å². The van der Waals surface area contributed by atoms with E-state index in [-0.39, 0.29) is 12.4 Å². The quantitative estimate of drug-likeness (QED) is 0.581. The first-order valence-corrected chi connectivity index (χ1v) is 7.88. The van der Waals surface area contributed by atoms with Crippen LogP contribution < -0.4 is 0 Å². The number of carbonyl (C=O) groups is 2. The molecule has 0 aromatic heterocycles. The van der Waals surface area contributed by atoms with Crippen molar-refractivity contribution in [3.8, 4) is 0 Å². The summed E-state index contributed by atoms with van der Waals surface area (Å²) in [6.07, 6.45) is 1.05. The van der Waals surface area contributed by atoms with Crippen molar-refractivity contribution in [3.63, 3.8) is 0 Å². The summed E-state index contributed by atoms with van der Waals surface area (Å²) in [7, 11) is 0. The fourth-order valence-corrected chi connectivity index (χ4v) is 2.22. The third kappa shape index (κ3) is 4.52. The van der Waals surface area contributed by atoms with Crippen LogP contribution in [0.25, 0.3) is 0 Å². The van der Waals surface area contributed by atoms with Crippen LogP contribution in [0.3, 0.4) is 0 Å². The van der Waals surface area contributed by atoms with Crippen LogP contribution in [0.5, 0.6) is 0 Å². The summed E-state index contributed by atoms with van der Waals surface area (Å²) in [5.41, 5.74) is 3.30. The van der Waals surface area contributed by atoms with Gasteiger partial charge in [0.1, 0.15) is 0 Å². The Bertz CT molecular complexity index is 669. The highest BCUT2D eigenvalue weighted by molar-refractivity contribution is 5.99. The predicted octanol–water partition coefficient (Wildman–Crippen LogP) is 4.55. The number of esters is 1. The van der Waals surface area contributed by atoms with Gasteiger partial charge in [0.15, 0.2) is 12.4 Å². The molecule has 0 saturated heterocycles. The molecule has 1 unspecified atom stereocenters. The zero-order valence-corrected chi connectivity index (χ0v) is 13.8. The van der Waals surface area contributed by atoms with Gasteiger partial charge in [0.2, 0.25) is 0 Å². The summed E-state index contributed by atoms with van der Waals surface area (Å²) in [5.74, 6) is -0.209. The molecule has 0 amide bonds. The van der Waals surface area contributed by atoms with Crippen LogP contribution in [0.1, 0.15) is 58.0 Å². The second-order valence-electron chi connectivity index (χ2n) is 5.80. The first-order chi connectivity index (χ1) is 11.0. The van der Waals surface area contributed by atoms with E-state index in [2.05, 4.69) is 13.8 Å². The third-order valence-corrected chi connectivity index (χ3v) is 4.04. The molecule has 0 aliphatic rings. The zero-order valence-electron chi connectivity index (χ0n) is 13.8. The number of ketones is 1. The molecule has 2 rings (SSSR count). The topological polar surface area (TPSA) is 43.4 Å². The molecular formula is C20H22O3.